The number of benzene rings is 1. The van der Waals surface area contributed by atoms with Crippen molar-refractivity contribution in [3.05, 3.63) is 23.8 Å². The molecule has 0 saturated carbocycles. The second-order valence-electron chi connectivity index (χ2n) is 6.91. The summed E-state index contributed by atoms with van der Waals surface area (Å²) in [5, 5.41) is 5.80. The van der Waals surface area contributed by atoms with Gasteiger partial charge in [0.15, 0.2) is 0 Å². The third kappa shape index (κ3) is 6.23. The van der Waals surface area contributed by atoms with Crippen molar-refractivity contribution in [2.75, 3.05) is 25.1 Å². The Morgan fingerprint density at radius 1 is 1.32 bits per heavy atom. The quantitative estimate of drug-likeness (QED) is 0.721. The van der Waals surface area contributed by atoms with Crippen molar-refractivity contribution in [3.63, 3.8) is 0 Å². The van der Waals surface area contributed by atoms with Crippen molar-refractivity contribution in [1.29, 1.82) is 0 Å². The predicted molar refractivity (Wildman–Crippen MR) is 99.7 cm³/mol. The lowest BCUT2D eigenvalue weighted by Gasteiger charge is -2.23. The number of sulfonamides is 1. The summed E-state index contributed by atoms with van der Waals surface area (Å²) in [7, 11) is -3.67. The molecule has 2 rings (SSSR count). The summed E-state index contributed by atoms with van der Waals surface area (Å²) in [6, 6.07) is 4.41. The molecule has 3 N–H and O–H groups in total. The van der Waals surface area contributed by atoms with E-state index in [9.17, 15) is 13.2 Å². The zero-order valence-electron chi connectivity index (χ0n) is 14.9. The van der Waals surface area contributed by atoms with Gasteiger partial charge in [0.1, 0.15) is 6.04 Å². The fourth-order valence-electron chi connectivity index (χ4n) is 2.39. The second-order valence-corrected chi connectivity index (χ2v) is 8.56. The van der Waals surface area contributed by atoms with E-state index in [1.807, 2.05) is 0 Å². The van der Waals surface area contributed by atoms with Gasteiger partial charge in [-0.05, 0) is 45.4 Å². The number of carbonyl (C=O) groups is 1. The Morgan fingerprint density at radius 3 is 2.56 bits per heavy atom. The zero-order chi connectivity index (χ0) is 18.0. The molecule has 1 saturated heterocycles. The summed E-state index contributed by atoms with van der Waals surface area (Å²) in [6.45, 7) is 8.55. The van der Waals surface area contributed by atoms with Crippen molar-refractivity contribution >= 4 is 34.0 Å². The number of aryl methyl sites for hydroxylation is 1. The van der Waals surface area contributed by atoms with Crippen LogP contribution in [0.3, 0.4) is 0 Å². The van der Waals surface area contributed by atoms with E-state index in [0.717, 1.165) is 0 Å². The monoisotopic (exact) mass is 391 g/mol. The van der Waals surface area contributed by atoms with Gasteiger partial charge in [0, 0.05) is 17.8 Å². The van der Waals surface area contributed by atoms with Gasteiger partial charge >= 0.3 is 0 Å². The molecule has 0 aromatic heterocycles. The number of morpholine rings is 1. The number of carbonyl (C=O) groups excluding carboxylic acids is 1. The molecule has 0 spiro atoms. The maximum Gasteiger partial charge on any atom is 0.243 e. The van der Waals surface area contributed by atoms with Crippen molar-refractivity contribution in [2.24, 2.45) is 0 Å². The average Bonchev–Trinajstić information content (AvgIpc) is 2.47. The van der Waals surface area contributed by atoms with E-state index in [4.69, 9.17) is 4.74 Å². The van der Waals surface area contributed by atoms with Gasteiger partial charge in [0.05, 0.1) is 18.1 Å². The molecule has 25 heavy (non-hydrogen) atoms. The summed E-state index contributed by atoms with van der Waals surface area (Å²) >= 11 is 0. The Balaban J connectivity index is 0.00000312. The van der Waals surface area contributed by atoms with Crippen LogP contribution in [0.2, 0.25) is 0 Å². The Kier molecular flexibility index (Phi) is 7.40. The molecule has 7 nitrogen and oxygen atoms in total. The molecule has 1 heterocycles. The number of ether oxygens (including phenoxy) is 1. The topological polar surface area (TPSA) is 96.5 Å². The molecule has 1 aliphatic rings. The number of hydrogen-bond donors (Lipinski definition) is 3. The van der Waals surface area contributed by atoms with Crippen LogP contribution in [0.5, 0.6) is 0 Å². The van der Waals surface area contributed by atoms with Gasteiger partial charge in [0.2, 0.25) is 15.9 Å². The zero-order valence-corrected chi connectivity index (χ0v) is 16.5. The largest absolute Gasteiger partial charge is 0.378 e. The van der Waals surface area contributed by atoms with Crippen LogP contribution >= 0.6 is 12.4 Å². The van der Waals surface area contributed by atoms with Crippen LogP contribution in [0.25, 0.3) is 0 Å². The van der Waals surface area contributed by atoms with Gasteiger partial charge in [-0.15, -0.1) is 12.4 Å². The Morgan fingerprint density at radius 2 is 2.00 bits per heavy atom. The lowest BCUT2D eigenvalue weighted by Crippen LogP contribution is -2.48. The smallest absolute Gasteiger partial charge is 0.243 e. The van der Waals surface area contributed by atoms with Crippen molar-refractivity contribution in [3.8, 4) is 0 Å². The molecule has 1 unspecified atom stereocenters. The van der Waals surface area contributed by atoms with Crippen LogP contribution in [0.4, 0.5) is 5.69 Å². The number of nitrogens with one attached hydrogen (secondary N) is 3. The van der Waals surface area contributed by atoms with E-state index in [1.165, 1.54) is 6.07 Å². The van der Waals surface area contributed by atoms with Gasteiger partial charge < -0.3 is 15.4 Å². The minimum atomic E-state index is -3.67. The van der Waals surface area contributed by atoms with Gasteiger partial charge in [-0.3, -0.25) is 4.79 Å². The minimum absolute atomic E-state index is 0. The Hall–Kier alpha value is -1.19. The lowest BCUT2D eigenvalue weighted by molar-refractivity contribution is -0.120. The lowest BCUT2D eigenvalue weighted by atomic mass is 10.1. The van der Waals surface area contributed by atoms with E-state index in [-0.39, 0.29) is 23.2 Å². The van der Waals surface area contributed by atoms with Gasteiger partial charge in [-0.1, -0.05) is 6.07 Å². The summed E-state index contributed by atoms with van der Waals surface area (Å²) < 4.78 is 33.0. The van der Waals surface area contributed by atoms with Crippen LogP contribution in [-0.2, 0) is 19.6 Å². The first-order valence-corrected chi connectivity index (χ1v) is 9.33. The molecular formula is C16H26ClN3O4S. The first-order valence-electron chi connectivity index (χ1n) is 7.85. The number of rotatable bonds is 4. The summed E-state index contributed by atoms with van der Waals surface area (Å²) in [6.07, 6.45) is 0. The first-order chi connectivity index (χ1) is 11.1. The fourth-order valence-corrected chi connectivity index (χ4v) is 4.08. The third-order valence-electron chi connectivity index (χ3n) is 3.42. The summed E-state index contributed by atoms with van der Waals surface area (Å²) in [4.78, 5) is 12.4. The molecule has 1 atom stereocenters. The van der Waals surface area contributed by atoms with E-state index >= 15 is 0 Å². The highest BCUT2D eigenvalue weighted by atomic mass is 35.5. The van der Waals surface area contributed by atoms with Crippen LogP contribution in [-0.4, -0.2) is 45.7 Å². The van der Waals surface area contributed by atoms with Crippen LogP contribution in [0.1, 0.15) is 26.3 Å². The summed E-state index contributed by atoms with van der Waals surface area (Å²) in [5.41, 5.74) is 0.463. The van der Waals surface area contributed by atoms with E-state index in [1.54, 1.807) is 39.8 Å². The number of hydrogen-bond acceptors (Lipinski definition) is 5. The van der Waals surface area contributed by atoms with E-state index < -0.39 is 21.6 Å². The molecule has 0 bridgehead atoms. The molecule has 9 heteroatoms. The van der Waals surface area contributed by atoms with Crippen molar-refractivity contribution in [2.45, 2.75) is 44.2 Å². The molecule has 1 aromatic carbocycles. The minimum Gasteiger partial charge on any atom is -0.378 e. The van der Waals surface area contributed by atoms with E-state index in [0.29, 0.717) is 31.0 Å². The van der Waals surface area contributed by atoms with Gasteiger partial charge in [0.25, 0.3) is 0 Å². The van der Waals surface area contributed by atoms with Crippen LogP contribution < -0.4 is 15.4 Å². The number of halogens is 1. The predicted octanol–water partition coefficient (Wildman–Crippen LogP) is 1.42. The molecule has 1 aromatic rings. The standard InChI is InChI=1S/C16H25N3O4S.ClH/c1-11-5-6-12(18-15(20)13-10-23-8-7-17-13)9-14(11)24(21,22)19-16(2,3)4;/h5-6,9,13,17,19H,7-8,10H2,1-4H3,(H,18,20);1H. The molecule has 1 aliphatic heterocycles. The normalized spacial score (nSPS) is 18.3. The first kappa shape index (κ1) is 21.9. The third-order valence-corrected chi connectivity index (χ3v) is 5.32. The average molecular weight is 392 g/mol. The molecule has 1 amide bonds. The molecule has 1 fully saturated rings. The Labute approximate surface area is 155 Å². The number of amides is 1. The molecule has 0 radical (unpaired) electrons. The second kappa shape index (κ2) is 8.46. The van der Waals surface area contributed by atoms with Crippen molar-refractivity contribution in [1.82, 2.24) is 10.0 Å². The highest BCUT2D eigenvalue weighted by molar-refractivity contribution is 7.89. The molecule has 142 valence electrons. The highest BCUT2D eigenvalue weighted by Crippen LogP contribution is 2.22. The van der Waals surface area contributed by atoms with Crippen molar-refractivity contribution < 1.29 is 17.9 Å². The van der Waals surface area contributed by atoms with Crippen LogP contribution in [0, 0.1) is 6.92 Å². The SMILES string of the molecule is Cc1ccc(NC(=O)C2COCCN2)cc1S(=O)(=O)NC(C)(C)C.Cl. The van der Waals surface area contributed by atoms with Gasteiger partial charge in [-0.2, -0.15) is 0 Å². The molecular weight excluding hydrogens is 366 g/mol. The van der Waals surface area contributed by atoms with E-state index in [2.05, 4.69) is 15.4 Å². The number of anilines is 1. The van der Waals surface area contributed by atoms with Gasteiger partial charge in [-0.25, -0.2) is 13.1 Å². The highest BCUT2D eigenvalue weighted by Gasteiger charge is 2.25. The van der Waals surface area contributed by atoms with Crippen LogP contribution in [0.15, 0.2) is 23.1 Å². The molecule has 0 aliphatic carbocycles. The maximum atomic E-state index is 12.6. The Bertz CT molecular complexity index is 711. The maximum absolute atomic E-state index is 12.6. The fraction of sp³-hybridized carbons (Fsp3) is 0.562. The summed E-state index contributed by atoms with van der Waals surface area (Å²) in [5.74, 6) is -0.245.